The van der Waals surface area contributed by atoms with Crippen molar-refractivity contribution in [2.24, 2.45) is 0 Å². The molecule has 2 atom stereocenters. The normalized spacial score (nSPS) is 21.4. The molecule has 28 heavy (non-hydrogen) atoms. The molecule has 2 aromatic rings. The van der Waals surface area contributed by atoms with Gasteiger partial charge in [-0.1, -0.05) is 12.1 Å². The summed E-state index contributed by atoms with van der Waals surface area (Å²) in [7, 11) is 0. The van der Waals surface area contributed by atoms with Crippen LogP contribution in [0.3, 0.4) is 0 Å². The third-order valence-corrected chi connectivity index (χ3v) is 6.55. The van der Waals surface area contributed by atoms with Crippen molar-refractivity contribution in [2.75, 3.05) is 18.4 Å². The van der Waals surface area contributed by atoms with Gasteiger partial charge in [0.05, 0.1) is 0 Å². The zero-order valence-corrected chi connectivity index (χ0v) is 16.8. The summed E-state index contributed by atoms with van der Waals surface area (Å²) < 4.78 is 0. The summed E-state index contributed by atoms with van der Waals surface area (Å²) in [4.78, 5) is 28.5. The number of hydrogen-bond acceptors (Lipinski definition) is 4. The molecule has 2 saturated heterocycles. The van der Waals surface area contributed by atoms with Gasteiger partial charge in [0.15, 0.2) is 0 Å². The highest BCUT2D eigenvalue weighted by molar-refractivity contribution is 7.09. The number of fused-ring (bicyclic) bond motifs is 2. The van der Waals surface area contributed by atoms with Crippen LogP contribution < -0.4 is 10.6 Å². The van der Waals surface area contributed by atoms with E-state index in [2.05, 4.69) is 22.1 Å². The predicted octanol–water partition coefficient (Wildman–Crippen LogP) is 3.68. The third-order valence-electron chi connectivity index (χ3n) is 5.61. The Labute approximate surface area is 170 Å². The van der Waals surface area contributed by atoms with Crippen LogP contribution >= 0.6 is 11.3 Å². The SMILES string of the molecule is O=C(CCCc1cccs1)Nc1cccc(C(=O)N2CCC3CCC(C2)N3)c1. The lowest BCUT2D eigenvalue weighted by Crippen LogP contribution is -2.39. The lowest BCUT2D eigenvalue weighted by molar-refractivity contribution is -0.116. The number of anilines is 1. The number of nitrogens with one attached hydrogen (secondary N) is 2. The Morgan fingerprint density at radius 2 is 2.04 bits per heavy atom. The van der Waals surface area contributed by atoms with E-state index in [9.17, 15) is 9.59 Å². The highest BCUT2D eigenvalue weighted by atomic mass is 32.1. The molecule has 2 N–H and O–H groups in total. The van der Waals surface area contributed by atoms with Crippen LogP contribution in [-0.4, -0.2) is 41.9 Å². The first-order chi connectivity index (χ1) is 13.7. The average molecular weight is 398 g/mol. The largest absolute Gasteiger partial charge is 0.337 e. The molecule has 1 aromatic carbocycles. The second kappa shape index (κ2) is 8.88. The molecule has 3 heterocycles. The molecule has 0 radical (unpaired) electrons. The van der Waals surface area contributed by atoms with Gasteiger partial charge in [0.2, 0.25) is 5.91 Å². The first kappa shape index (κ1) is 19.2. The molecule has 2 aliphatic rings. The predicted molar refractivity (Wildman–Crippen MR) is 113 cm³/mol. The van der Waals surface area contributed by atoms with Crippen LogP contribution in [0.4, 0.5) is 5.69 Å². The topological polar surface area (TPSA) is 61.4 Å². The number of rotatable bonds is 6. The summed E-state index contributed by atoms with van der Waals surface area (Å²) in [5.41, 5.74) is 1.34. The van der Waals surface area contributed by atoms with Gasteiger partial charge in [-0.25, -0.2) is 0 Å². The summed E-state index contributed by atoms with van der Waals surface area (Å²) in [5.74, 6) is 0.0561. The maximum Gasteiger partial charge on any atom is 0.253 e. The van der Waals surface area contributed by atoms with Crippen molar-refractivity contribution in [3.63, 3.8) is 0 Å². The summed E-state index contributed by atoms with van der Waals surface area (Å²) in [6.07, 6.45) is 5.62. The van der Waals surface area contributed by atoms with Crippen LogP contribution in [0.1, 0.15) is 47.3 Å². The number of thiophene rings is 1. The molecule has 0 aliphatic carbocycles. The lowest BCUT2D eigenvalue weighted by Gasteiger charge is -2.24. The number of hydrogen-bond donors (Lipinski definition) is 2. The Morgan fingerprint density at radius 1 is 1.14 bits per heavy atom. The number of aryl methyl sites for hydroxylation is 1. The van der Waals surface area contributed by atoms with Crippen LogP contribution in [0.5, 0.6) is 0 Å². The van der Waals surface area contributed by atoms with Crippen molar-refractivity contribution in [1.82, 2.24) is 10.2 Å². The summed E-state index contributed by atoms with van der Waals surface area (Å²) >= 11 is 1.72. The smallest absolute Gasteiger partial charge is 0.253 e. The number of carbonyl (C=O) groups excluding carboxylic acids is 2. The minimum Gasteiger partial charge on any atom is -0.337 e. The first-order valence-corrected chi connectivity index (χ1v) is 11.0. The minimum absolute atomic E-state index is 0.00237. The molecule has 2 bridgehead atoms. The Hall–Kier alpha value is -2.18. The standard InChI is InChI=1S/C22H27N3O2S/c26-21(8-2-6-20-7-3-13-28-20)24-18-5-1-4-16(14-18)22(27)25-12-11-17-9-10-19(15-25)23-17/h1,3-5,7,13-14,17,19,23H,2,6,8-12,15H2,(H,24,26). The average Bonchev–Trinajstić information content (AvgIpc) is 3.31. The Kier molecular flexibility index (Phi) is 6.07. The van der Waals surface area contributed by atoms with E-state index in [1.54, 1.807) is 17.4 Å². The number of benzene rings is 1. The summed E-state index contributed by atoms with van der Waals surface area (Å²) in [6.45, 7) is 1.57. The van der Waals surface area contributed by atoms with Gasteiger partial charge in [-0.2, -0.15) is 0 Å². The van der Waals surface area contributed by atoms with Crippen molar-refractivity contribution >= 4 is 28.8 Å². The van der Waals surface area contributed by atoms with Crippen LogP contribution in [0.2, 0.25) is 0 Å². The molecule has 2 unspecified atom stereocenters. The number of carbonyl (C=O) groups is 2. The summed E-state index contributed by atoms with van der Waals surface area (Å²) in [5, 5.41) is 8.61. The Morgan fingerprint density at radius 3 is 2.89 bits per heavy atom. The van der Waals surface area contributed by atoms with E-state index in [4.69, 9.17) is 0 Å². The summed E-state index contributed by atoms with van der Waals surface area (Å²) in [6, 6.07) is 12.4. The molecule has 4 rings (SSSR count). The van der Waals surface area contributed by atoms with E-state index < -0.39 is 0 Å². The van der Waals surface area contributed by atoms with Gasteiger partial charge in [-0.15, -0.1) is 11.3 Å². The van der Waals surface area contributed by atoms with E-state index in [0.717, 1.165) is 38.8 Å². The third kappa shape index (κ3) is 4.80. The Balaban J connectivity index is 1.32. The lowest BCUT2D eigenvalue weighted by atomic mass is 10.1. The minimum atomic E-state index is -0.00237. The number of nitrogens with zero attached hydrogens (tertiary/aromatic N) is 1. The highest BCUT2D eigenvalue weighted by Crippen LogP contribution is 2.22. The molecule has 148 valence electrons. The van der Waals surface area contributed by atoms with Crippen LogP contribution in [-0.2, 0) is 11.2 Å². The molecular weight excluding hydrogens is 370 g/mol. The van der Waals surface area contributed by atoms with E-state index in [1.807, 2.05) is 29.2 Å². The maximum absolute atomic E-state index is 13.0. The highest BCUT2D eigenvalue weighted by Gasteiger charge is 2.31. The van der Waals surface area contributed by atoms with Gasteiger partial charge in [0, 0.05) is 47.7 Å². The fraction of sp³-hybridized carbons (Fsp3) is 0.455. The van der Waals surface area contributed by atoms with Crippen LogP contribution in [0.15, 0.2) is 41.8 Å². The first-order valence-electron chi connectivity index (χ1n) is 10.1. The Bertz CT molecular complexity index is 821. The van der Waals surface area contributed by atoms with E-state index in [-0.39, 0.29) is 11.8 Å². The number of amides is 2. The van der Waals surface area contributed by atoms with E-state index in [1.165, 1.54) is 11.3 Å². The van der Waals surface area contributed by atoms with Crippen molar-refractivity contribution < 1.29 is 9.59 Å². The van der Waals surface area contributed by atoms with E-state index >= 15 is 0 Å². The van der Waals surface area contributed by atoms with Crippen LogP contribution in [0.25, 0.3) is 0 Å². The van der Waals surface area contributed by atoms with E-state index in [0.29, 0.717) is 29.8 Å². The van der Waals surface area contributed by atoms with Gasteiger partial charge in [0.25, 0.3) is 5.91 Å². The molecular formula is C22H27N3O2S. The zero-order valence-electron chi connectivity index (χ0n) is 16.0. The van der Waals surface area contributed by atoms with Gasteiger partial charge in [-0.05, 0) is 61.7 Å². The van der Waals surface area contributed by atoms with Crippen molar-refractivity contribution in [3.05, 3.63) is 52.2 Å². The molecule has 2 fully saturated rings. The number of likely N-dealkylation sites (tertiary alicyclic amines) is 1. The zero-order chi connectivity index (χ0) is 19.3. The molecule has 5 nitrogen and oxygen atoms in total. The van der Waals surface area contributed by atoms with Crippen molar-refractivity contribution in [2.45, 2.75) is 50.6 Å². The van der Waals surface area contributed by atoms with Gasteiger partial charge in [0.1, 0.15) is 0 Å². The molecule has 1 aromatic heterocycles. The fourth-order valence-corrected chi connectivity index (χ4v) is 4.89. The molecule has 0 spiro atoms. The second-order valence-electron chi connectivity index (χ2n) is 7.74. The van der Waals surface area contributed by atoms with Crippen LogP contribution in [0, 0.1) is 0 Å². The van der Waals surface area contributed by atoms with Crippen molar-refractivity contribution in [1.29, 1.82) is 0 Å². The fourth-order valence-electron chi connectivity index (χ4n) is 4.14. The molecule has 0 saturated carbocycles. The quantitative estimate of drug-likeness (QED) is 0.782. The van der Waals surface area contributed by atoms with Crippen molar-refractivity contribution in [3.8, 4) is 0 Å². The molecule has 2 amide bonds. The molecule has 2 aliphatic heterocycles. The second-order valence-corrected chi connectivity index (χ2v) is 8.77. The maximum atomic E-state index is 13.0. The van der Waals surface area contributed by atoms with Gasteiger partial charge >= 0.3 is 0 Å². The van der Waals surface area contributed by atoms with Gasteiger partial charge in [-0.3, -0.25) is 9.59 Å². The molecule has 6 heteroatoms. The monoisotopic (exact) mass is 397 g/mol. The van der Waals surface area contributed by atoms with Gasteiger partial charge < -0.3 is 15.5 Å².